The number of piperidine rings is 1. The summed E-state index contributed by atoms with van der Waals surface area (Å²) in [7, 11) is 0. The third-order valence-corrected chi connectivity index (χ3v) is 4.86. The quantitative estimate of drug-likeness (QED) is 0.871. The average molecular weight is 330 g/mol. The number of nitrogens with one attached hydrogen (secondary N) is 1. The van der Waals surface area contributed by atoms with Crippen molar-refractivity contribution in [3.8, 4) is 0 Å². The summed E-state index contributed by atoms with van der Waals surface area (Å²) in [6, 6.07) is 8.31. The molecule has 2 atom stereocenters. The molecule has 4 heteroatoms. The molecule has 0 saturated carbocycles. The molecule has 1 aromatic rings. The summed E-state index contributed by atoms with van der Waals surface area (Å²) < 4.78 is 0. The number of benzene rings is 1. The lowest BCUT2D eigenvalue weighted by atomic mass is 9.88. The van der Waals surface area contributed by atoms with E-state index in [1.165, 1.54) is 5.56 Å². The molecule has 1 fully saturated rings. The van der Waals surface area contributed by atoms with Crippen molar-refractivity contribution in [3.05, 3.63) is 35.4 Å². The van der Waals surface area contributed by atoms with Gasteiger partial charge in [-0.3, -0.25) is 9.59 Å². The van der Waals surface area contributed by atoms with Gasteiger partial charge >= 0.3 is 0 Å². The molecule has 0 bridgehead atoms. The van der Waals surface area contributed by atoms with E-state index in [1.807, 2.05) is 11.8 Å². The Balaban J connectivity index is 1.94. The first kappa shape index (κ1) is 18.5. The smallest absolute Gasteiger partial charge is 0.225 e. The average Bonchev–Trinajstić information content (AvgIpc) is 2.56. The molecule has 132 valence electrons. The van der Waals surface area contributed by atoms with Crippen LogP contribution in [0.2, 0.25) is 0 Å². The van der Waals surface area contributed by atoms with Gasteiger partial charge in [0.2, 0.25) is 11.8 Å². The van der Waals surface area contributed by atoms with Crippen LogP contribution < -0.4 is 5.32 Å². The topological polar surface area (TPSA) is 49.4 Å². The molecule has 1 aromatic carbocycles. The van der Waals surface area contributed by atoms with Crippen molar-refractivity contribution in [2.24, 2.45) is 11.8 Å². The standard InChI is InChI=1S/C20H30N2O2/c1-5-16-6-8-17(9-7-16)12-21-20(24)18-10-11-19(23)22(15(18)4)13-14(2)3/h6-9,14-15,18H,5,10-13H2,1-4H3,(H,21,24)/t15-,18-/m1/s1. The Hall–Kier alpha value is -1.84. The Morgan fingerprint density at radius 2 is 1.88 bits per heavy atom. The molecule has 0 aromatic heterocycles. The highest BCUT2D eigenvalue weighted by molar-refractivity contribution is 5.84. The molecule has 1 N–H and O–H groups in total. The van der Waals surface area contributed by atoms with E-state index in [4.69, 9.17) is 0 Å². The molecule has 2 rings (SSSR count). The van der Waals surface area contributed by atoms with E-state index in [9.17, 15) is 9.59 Å². The van der Waals surface area contributed by atoms with E-state index in [2.05, 4.69) is 50.4 Å². The van der Waals surface area contributed by atoms with Gasteiger partial charge in [-0.15, -0.1) is 0 Å². The van der Waals surface area contributed by atoms with Crippen LogP contribution >= 0.6 is 0 Å². The predicted molar refractivity (Wildman–Crippen MR) is 96.4 cm³/mol. The summed E-state index contributed by atoms with van der Waals surface area (Å²) in [5.41, 5.74) is 2.41. The highest BCUT2D eigenvalue weighted by Gasteiger charge is 2.36. The molecule has 4 nitrogen and oxygen atoms in total. The van der Waals surface area contributed by atoms with Gasteiger partial charge in [0.05, 0.1) is 5.92 Å². The fourth-order valence-corrected chi connectivity index (χ4v) is 3.33. The molecule has 24 heavy (non-hydrogen) atoms. The molecule has 0 spiro atoms. The van der Waals surface area contributed by atoms with Crippen LogP contribution in [0, 0.1) is 11.8 Å². The number of hydrogen-bond acceptors (Lipinski definition) is 2. The Morgan fingerprint density at radius 3 is 2.46 bits per heavy atom. The number of likely N-dealkylation sites (tertiary alicyclic amines) is 1. The fourth-order valence-electron chi connectivity index (χ4n) is 3.33. The number of rotatable bonds is 6. The highest BCUT2D eigenvalue weighted by Crippen LogP contribution is 2.25. The second-order valence-corrected chi connectivity index (χ2v) is 7.21. The molecule has 0 aliphatic carbocycles. The van der Waals surface area contributed by atoms with Gasteiger partial charge in [-0.05, 0) is 36.8 Å². The molecule has 1 aliphatic rings. The number of aryl methyl sites for hydroxylation is 1. The van der Waals surface area contributed by atoms with E-state index >= 15 is 0 Å². The zero-order valence-corrected chi connectivity index (χ0v) is 15.3. The third kappa shape index (κ3) is 4.59. The summed E-state index contributed by atoms with van der Waals surface area (Å²) in [6.45, 7) is 9.60. The van der Waals surface area contributed by atoms with Gasteiger partial charge in [-0.2, -0.15) is 0 Å². The van der Waals surface area contributed by atoms with Gasteiger partial charge in [0, 0.05) is 25.6 Å². The van der Waals surface area contributed by atoms with E-state index in [1.54, 1.807) is 0 Å². The summed E-state index contributed by atoms with van der Waals surface area (Å²) in [4.78, 5) is 26.6. The monoisotopic (exact) mass is 330 g/mol. The van der Waals surface area contributed by atoms with Crippen molar-refractivity contribution >= 4 is 11.8 Å². The highest BCUT2D eigenvalue weighted by atomic mass is 16.2. The Bertz CT molecular complexity index is 566. The van der Waals surface area contributed by atoms with Gasteiger partial charge in [0.25, 0.3) is 0 Å². The molecular formula is C20H30N2O2. The predicted octanol–water partition coefficient (Wildman–Crippen LogP) is 3.15. The lowest BCUT2D eigenvalue weighted by molar-refractivity contribution is -0.143. The van der Waals surface area contributed by atoms with E-state index in [0.717, 1.165) is 18.5 Å². The van der Waals surface area contributed by atoms with Crippen LogP contribution in [-0.4, -0.2) is 29.3 Å². The van der Waals surface area contributed by atoms with Gasteiger partial charge in [-0.1, -0.05) is 45.0 Å². The summed E-state index contributed by atoms with van der Waals surface area (Å²) in [5, 5.41) is 3.05. The van der Waals surface area contributed by atoms with Crippen molar-refractivity contribution in [1.29, 1.82) is 0 Å². The molecule has 2 amide bonds. The minimum absolute atomic E-state index is 0.0314. The Labute approximate surface area is 145 Å². The van der Waals surface area contributed by atoms with Gasteiger partial charge in [0.15, 0.2) is 0 Å². The van der Waals surface area contributed by atoms with Crippen molar-refractivity contribution in [2.45, 2.75) is 59.5 Å². The first-order valence-corrected chi connectivity index (χ1v) is 9.07. The normalized spacial score (nSPS) is 21.2. The van der Waals surface area contributed by atoms with E-state index in [-0.39, 0.29) is 23.8 Å². The van der Waals surface area contributed by atoms with E-state index in [0.29, 0.717) is 25.3 Å². The van der Waals surface area contributed by atoms with Crippen molar-refractivity contribution in [1.82, 2.24) is 10.2 Å². The number of carbonyl (C=O) groups excluding carboxylic acids is 2. The second kappa shape index (κ2) is 8.32. The van der Waals surface area contributed by atoms with Crippen LogP contribution in [0.1, 0.15) is 51.7 Å². The fraction of sp³-hybridized carbons (Fsp3) is 0.600. The molecule has 1 heterocycles. The largest absolute Gasteiger partial charge is 0.352 e. The van der Waals surface area contributed by atoms with Crippen molar-refractivity contribution in [2.75, 3.05) is 6.54 Å². The minimum Gasteiger partial charge on any atom is -0.352 e. The number of carbonyl (C=O) groups is 2. The lowest BCUT2D eigenvalue weighted by Gasteiger charge is -2.39. The number of hydrogen-bond donors (Lipinski definition) is 1. The maximum Gasteiger partial charge on any atom is 0.225 e. The first-order valence-electron chi connectivity index (χ1n) is 9.07. The molecule has 1 saturated heterocycles. The van der Waals surface area contributed by atoms with Crippen LogP contribution in [0.4, 0.5) is 0 Å². The van der Waals surface area contributed by atoms with Crippen LogP contribution in [0.25, 0.3) is 0 Å². The van der Waals surface area contributed by atoms with Gasteiger partial charge in [-0.25, -0.2) is 0 Å². The number of nitrogens with zero attached hydrogens (tertiary/aromatic N) is 1. The van der Waals surface area contributed by atoms with Gasteiger partial charge in [0.1, 0.15) is 0 Å². The maximum absolute atomic E-state index is 12.6. The van der Waals surface area contributed by atoms with E-state index < -0.39 is 0 Å². The second-order valence-electron chi connectivity index (χ2n) is 7.21. The van der Waals surface area contributed by atoms with Crippen molar-refractivity contribution < 1.29 is 9.59 Å². The zero-order valence-electron chi connectivity index (χ0n) is 15.3. The van der Waals surface area contributed by atoms with Crippen LogP contribution in [-0.2, 0) is 22.6 Å². The van der Waals surface area contributed by atoms with Crippen LogP contribution in [0.15, 0.2) is 24.3 Å². The lowest BCUT2D eigenvalue weighted by Crippen LogP contribution is -2.52. The maximum atomic E-state index is 12.6. The summed E-state index contributed by atoms with van der Waals surface area (Å²) in [5.74, 6) is 0.533. The summed E-state index contributed by atoms with van der Waals surface area (Å²) >= 11 is 0. The van der Waals surface area contributed by atoms with Crippen LogP contribution in [0.3, 0.4) is 0 Å². The number of amides is 2. The Morgan fingerprint density at radius 1 is 1.25 bits per heavy atom. The van der Waals surface area contributed by atoms with Crippen LogP contribution in [0.5, 0.6) is 0 Å². The molecule has 1 aliphatic heterocycles. The molecular weight excluding hydrogens is 300 g/mol. The zero-order chi connectivity index (χ0) is 17.7. The molecule has 0 radical (unpaired) electrons. The Kier molecular flexibility index (Phi) is 6.41. The third-order valence-electron chi connectivity index (χ3n) is 4.86. The van der Waals surface area contributed by atoms with Crippen molar-refractivity contribution in [3.63, 3.8) is 0 Å². The summed E-state index contributed by atoms with van der Waals surface area (Å²) in [6.07, 6.45) is 2.14. The van der Waals surface area contributed by atoms with Gasteiger partial charge < -0.3 is 10.2 Å². The molecule has 0 unspecified atom stereocenters. The first-order chi connectivity index (χ1) is 11.4. The SMILES string of the molecule is CCc1ccc(CNC(=O)[C@@H]2CCC(=O)N(CC(C)C)[C@@H]2C)cc1. The minimum atomic E-state index is -0.114.